The molecule has 5 N–H and O–H groups in total. The molecule has 2 aliphatic rings. The third-order valence-electron chi connectivity index (χ3n) is 6.27. The SMILES string of the molecule is CC(C)CC[C@@]1(C)C(=O)C(C2=NS(O)(O)c3c(CNS(C)(=O)=O)csc3N2)=C(O)c2ccccc21. The van der Waals surface area contributed by atoms with Crippen molar-refractivity contribution in [1.29, 1.82) is 0 Å². The minimum Gasteiger partial charge on any atom is -0.506 e. The van der Waals surface area contributed by atoms with Crippen LogP contribution in [0, 0.1) is 5.92 Å². The van der Waals surface area contributed by atoms with E-state index in [1.54, 1.807) is 17.5 Å². The van der Waals surface area contributed by atoms with E-state index in [1.807, 2.05) is 19.1 Å². The van der Waals surface area contributed by atoms with Crippen LogP contribution in [0.15, 0.2) is 44.5 Å². The number of Topliss-reactive ketones (excluding diaryl/α,β-unsaturated/α-hetero) is 1. The molecule has 1 aromatic heterocycles. The highest BCUT2D eigenvalue weighted by atomic mass is 32.3. The van der Waals surface area contributed by atoms with Crippen molar-refractivity contribution in [2.75, 3.05) is 11.6 Å². The minimum atomic E-state index is -3.78. The maximum Gasteiger partial charge on any atom is 0.209 e. The molecule has 0 spiro atoms. The molecule has 0 saturated heterocycles. The molecule has 2 heterocycles. The van der Waals surface area contributed by atoms with Crippen LogP contribution < -0.4 is 10.0 Å². The molecule has 1 aromatic carbocycles. The second-order valence-corrected chi connectivity index (χ2v) is 13.8. The molecule has 12 heteroatoms. The average molecular weight is 540 g/mol. The number of fused-ring (bicyclic) bond motifs is 2. The summed E-state index contributed by atoms with van der Waals surface area (Å²) in [6.07, 6.45) is 2.34. The first-order valence-electron chi connectivity index (χ1n) is 11.0. The summed E-state index contributed by atoms with van der Waals surface area (Å²) in [6.45, 7) is 5.86. The first-order chi connectivity index (χ1) is 16.2. The Morgan fingerprint density at radius 2 is 1.94 bits per heavy atom. The van der Waals surface area contributed by atoms with Crippen LogP contribution in [0.25, 0.3) is 5.76 Å². The molecule has 0 fully saturated rings. The van der Waals surface area contributed by atoms with E-state index in [9.17, 15) is 27.4 Å². The summed E-state index contributed by atoms with van der Waals surface area (Å²) >= 11 is 1.13. The number of anilines is 1. The molecule has 1 aliphatic carbocycles. The van der Waals surface area contributed by atoms with Gasteiger partial charge in [0.05, 0.1) is 11.7 Å². The van der Waals surface area contributed by atoms with Crippen molar-refractivity contribution in [3.63, 3.8) is 0 Å². The number of ketones is 1. The zero-order valence-electron chi connectivity index (χ0n) is 19.8. The topological polar surface area (TPSA) is 148 Å². The van der Waals surface area contributed by atoms with Gasteiger partial charge in [-0.2, -0.15) is 0 Å². The fourth-order valence-electron chi connectivity index (χ4n) is 4.37. The highest BCUT2D eigenvalue weighted by Crippen LogP contribution is 2.59. The summed E-state index contributed by atoms with van der Waals surface area (Å²) in [5.41, 5.74) is 0.566. The molecule has 0 saturated carbocycles. The van der Waals surface area contributed by atoms with E-state index >= 15 is 0 Å². The van der Waals surface area contributed by atoms with Crippen molar-refractivity contribution in [3.8, 4) is 0 Å². The highest BCUT2D eigenvalue weighted by Gasteiger charge is 2.46. The van der Waals surface area contributed by atoms with Gasteiger partial charge in [-0.3, -0.25) is 13.9 Å². The molecule has 35 heavy (non-hydrogen) atoms. The Bertz CT molecular complexity index is 1360. The van der Waals surface area contributed by atoms with Crippen molar-refractivity contribution in [1.82, 2.24) is 4.72 Å². The van der Waals surface area contributed by atoms with Crippen LogP contribution in [0.1, 0.15) is 50.3 Å². The van der Waals surface area contributed by atoms with Crippen LogP contribution in [-0.4, -0.2) is 40.5 Å². The van der Waals surface area contributed by atoms with Crippen LogP contribution in [-0.2, 0) is 26.8 Å². The Morgan fingerprint density at radius 1 is 1.26 bits per heavy atom. The quantitative estimate of drug-likeness (QED) is 0.336. The standard InChI is InChI=1S/C23H29N3O6S3/c1-13(2)9-10-23(3)16-8-6-5-7-15(16)18(27)17(20(23)28)21-25-22-19(35(31,32)26-21)14(12-33-22)11-24-34(4,29)30/h5-8,12-13,24,27,31-32H,9-11H2,1-4H3,(H,25,26)/t23-/m1/s1. The zero-order valence-corrected chi connectivity index (χ0v) is 22.3. The second kappa shape index (κ2) is 9.02. The number of carbonyl (C=O) groups excluding carboxylic acids is 1. The third kappa shape index (κ3) is 4.78. The van der Waals surface area contributed by atoms with Gasteiger partial charge >= 0.3 is 0 Å². The molecule has 9 nitrogen and oxygen atoms in total. The molecule has 1 atom stereocenters. The Balaban J connectivity index is 1.79. The van der Waals surface area contributed by atoms with Gasteiger partial charge in [0.25, 0.3) is 0 Å². The first kappa shape index (κ1) is 25.9. The molecule has 190 valence electrons. The van der Waals surface area contributed by atoms with Gasteiger partial charge in [-0.05, 0) is 36.6 Å². The summed E-state index contributed by atoms with van der Waals surface area (Å²) in [6, 6.07) is 7.17. The molecule has 0 amide bonds. The van der Waals surface area contributed by atoms with Gasteiger partial charge in [0, 0.05) is 17.7 Å². The minimum absolute atomic E-state index is 0.0775. The molecular formula is C23H29N3O6S3. The summed E-state index contributed by atoms with van der Waals surface area (Å²) in [4.78, 5) is 14.0. The lowest BCUT2D eigenvalue weighted by molar-refractivity contribution is -0.120. The normalized spacial score (nSPS) is 22.4. The lowest BCUT2D eigenvalue weighted by atomic mass is 9.66. The summed E-state index contributed by atoms with van der Waals surface area (Å²) in [7, 11) is -7.28. The fourth-order valence-corrected chi connectivity index (χ4v) is 7.46. The van der Waals surface area contributed by atoms with Gasteiger partial charge in [-0.25, -0.2) is 13.1 Å². The van der Waals surface area contributed by atoms with Crippen LogP contribution in [0.2, 0.25) is 0 Å². The molecule has 2 aromatic rings. The number of aliphatic hydroxyl groups excluding tert-OH is 1. The second-order valence-electron chi connectivity index (χ2n) is 9.46. The van der Waals surface area contributed by atoms with Crippen LogP contribution in [0.4, 0.5) is 5.00 Å². The smallest absolute Gasteiger partial charge is 0.209 e. The maximum atomic E-state index is 13.9. The monoisotopic (exact) mass is 539 g/mol. The van der Waals surface area contributed by atoms with Crippen molar-refractivity contribution in [2.45, 2.75) is 50.5 Å². The predicted octanol–water partition coefficient (Wildman–Crippen LogP) is 4.89. The van der Waals surface area contributed by atoms with Gasteiger partial charge in [0.15, 0.2) is 11.6 Å². The average Bonchev–Trinajstić information content (AvgIpc) is 3.18. The van der Waals surface area contributed by atoms with Gasteiger partial charge < -0.3 is 10.4 Å². The van der Waals surface area contributed by atoms with Crippen molar-refractivity contribution < 1.29 is 27.4 Å². The predicted molar refractivity (Wildman–Crippen MR) is 141 cm³/mol. The van der Waals surface area contributed by atoms with Crippen LogP contribution >= 0.6 is 22.1 Å². The van der Waals surface area contributed by atoms with Crippen molar-refractivity contribution in [3.05, 3.63) is 51.9 Å². The summed E-state index contributed by atoms with van der Waals surface area (Å²) in [5.74, 6) is -0.378. The van der Waals surface area contributed by atoms with Crippen molar-refractivity contribution in [2.24, 2.45) is 10.3 Å². The number of amidine groups is 1. The van der Waals surface area contributed by atoms with E-state index in [-0.39, 0.29) is 34.4 Å². The van der Waals surface area contributed by atoms with Gasteiger partial charge in [0.2, 0.25) is 10.0 Å². The Kier molecular flexibility index (Phi) is 6.66. The maximum absolute atomic E-state index is 13.9. The number of nitrogens with one attached hydrogen (secondary N) is 2. The van der Waals surface area contributed by atoms with Gasteiger partial charge in [-0.15, -0.1) is 15.7 Å². The van der Waals surface area contributed by atoms with Gasteiger partial charge in [-0.1, -0.05) is 48.9 Å². The number of benzene rings is 1. The summed E-state index contributed by atoms with van der Waals surface area (Å²) < 4.78 is 51.3. The third-order valence-corrected chi connectivity index (χ3v) is 9.46. The Labute approximate surface area is 210 Å². The Morgan fingerprint density at radius 3 is 2.60 bits per heavy atom. The van der Waals surface area contributed by atoms with Crippen LogP contribution in [0.3, 0.4) is 0 Å². The largest absolute Gasteiger partial charge is 0.506 e. The molecule has 1 aliphatic heterocycles. The molecule has 0 unspecified atom stereocenters. The Hall–Kier alpha value is -2.22. The van der Waals surface area contributed by atoms with E-state index in [1.165, 1.54) is 0 Å². The number of carbonyl (C=O) groups is 1. The van der Waals surface area contributed by atoms with Crippen LogP contribution in [0.5, 0.6) is 0 Å². The lowest BCUT2D eigenvalue weighted by Gasteiger charge is -2.38. The highest BCUT2D eigenvalue weighted by molar-refractivity contribution is 8.23. The van der Waals surface area contributed by atoms with E-state index in [4.69, 9.17) is 0 Å². The number of hydrogen-bond donors (Lipinski definition) is 5. The fraction of sp³-hybridized carbons (Fsp3) is 0.391. The molecular weight excluding hydrogens is 510 g/mol. The zero-order chi connectivity index (χ0) is 25.8. The number of hydrogen-bond acceptors (Lipinski definition) is 9. The molecule has 0 bridgehead atoms. The number of thiophene rings is 1. The number of nitrogens with zero attached hydrogens (tertiary/aromatic N) is 1. The first-order valence-corrected chi connectivity index (χ1v) is 15.3. The van der Waals surface area contributed by atoms with E-state index in [0.29, 0.717) is 28.5 Å². The van der Waals surface area contributed by atoms with Gasteiger partial charge in [0.1, 0.15) is 21.2 Å². The lowest BCUT2D eigenvalue weighted by Crippen LogP contribution is -2.42. The number of sulfonamides is 1. The number of rotatable bonds is 7. The summed E-state index contributed by atoms with van der Waals surface area (Å²) in [5, 5.41) is 16.1. The number of aliphatic hydroxyl groups is 1. The molecule has 0 radical (unpaired) electrons. The molecule has 4 rings (SSSR count). The van der Waals surface area contributed by atoms with E-state index in [0.717, 1.165) is 29.6 Å². The van der Waals surface area contributed by atoms with E-state index < -0.39 is 26.2 Å². The van der Waals surface area contributed by atoms with E-state index in [2.05, 4.69) is 28.3 Å². The van der Waals surface area contributed by atoms with Crippen molar-refractivity contribution >= 4 is 54.5 Å².